The minimum absolute atomic E-state index is 0.244. The third-order valence-electron chi connectivity index (χ3n) is 2.28. The fourth-order valence-electron chi connectivity index (χ4n) is 1.30. The first-order valence-electron chi connectivity index (χ1n) is 5.40. The van der Waals surface area contributed by atoms with Gasteiger partial charge in [-0.2, -0.15) is 0 Å². The van der Waals surface area contributed by atoms with Crippen molar-refractivity contribution in [3.05, 3.63) is 24.3 Å². The quantitative estimate of drug-likeness (QED) is 0.624. The largest absolute Gasteiger partial charge is 0.497 e. The molecule has 0 unspecified atom stereocenters. The second kappa shape index (κ2) is 6.53. The van der Waals surface area contributed by atoms with Crippen molar-refractivity contribution in [3.63, 3.8) is 0 Å². The lowest BCUT2D eigenvalue weighted by Crippen LogP contribution is -2.02. The van der Waals surface area contributed by atoms with Crippen molar-refractivity contribution in [1.29, 1.82) is 0 Å². The van der Waals surface area contributed by atoms with Crippen LogP contribution in [0.25, 0.3) is 10.6 Å². The highest BCUT2D eigenvalue weighted by atomic mass is 32.2. The molecule has 1 aromatic carbocycles. The summed E-state index contributed by atoms with van der Waals surface area (Å²) in [6.07, 6.45) is 0. The number of methoxy groups -OCH3 is 2. The fourth-order valence-corrected chi connectivity index (χ4v) is 2.99. The molecule has 0 fully saturated rings. The zero-order valence-corrected chi connectivity index (χ0v) is 12.1. The van der Waals surface area contributed by atoms with Gasteiger partial charge >= 0.3 is 5.97 Å². The van der Waals surface area contributed by atoms with Crippen LogP contribution in [0.4, 0.5) is 0 Å². The highest BCUT2D eigenvalue weighted by molar-refractivity contribution is 8.01. The number of esters is 1. The van der Waals surface area contributed by atoms with E-state index in [9.17, 15) is 4.79 Å². The van der Waals surface area contributed by atoms with Crippen molar-refractivity contribution >= 4 is 29.1 Å². The lowest BCUT2D eigenvalue weighted by Gasteiger charge is -1.99. The van der Waals surface area contributed by atoms with Gasteiger partial charge in [-0.3, -0.25) is 4.79 Å². The highest BCUT2D eigenvalue weighted by Gasteiger charge is 2.09. The normalized spacial score (nSPS) is 10.2. The number of thioether (sulfide) groups is 1. The van der Waals surface area contributed by atoms with E-state index in [4.69, 9.17) is 4.74 Å². The summed E-state index contributed by atoms with van der Waals surface area (Å²) in [4.78, 5) is 11.0. The molecule has 1 aromatic heterocycles. The molecule has 7 heteroatoms. The summed E-state index contributed by atoms with van der Waals surface area (Å²) in [7, 11) is 2.99. The van der Waals surface area contributed by atoms with Crippen molar-refractivity contribution in [2.24, 2.45) is 0 Å². The molecule has 0 aliphatic rings. The molecule has 2 rings (SSSR count). The van der Waals surface area contributed by atoms with Crippen LogP contribution in [0.5, 0.6) is 5.75 Å². The van der Waals surface area contributed by atoms with E-state index in [2.05, 4.69) is 14.9 Å². The van der Waals surface area contributed by atoms with Crippen LogP contribution in [0.15, 0.2) is 28.6 Å². The van der Waals surface area contributed by atoms with Gasteiger partial charge in [-0.1, -0.05) is 23.1 Å². The second-order valence-electron chi connectivity index (χ2n) is 3.47. The Hall–Kier alpha value is -1.60. The van der Waals surface area contributed by atoms with Crippen LogP contribution in [0.1, 0.15) is 0 Å². The van der Waals surface area contributed by atoms with E-state index in [1.54, 1.807) is 7.11 Å². The Kier molecular flexibility index (Phi) is 4.75. The summed E-state index contributed by atoms with van der Waals surface area (Å²) < 4.78 is 10.4. The van der Waals surface area contributed by atoms with Gasteiger partial charge in [0.2, 0.25) is 0 Å². The zero-order valence-electron chi connectivity index (χ0n) is 10.5. The molecule has 0 atom stereocenters. The van der Waals surface area contributed by atoms with E-state index in [0.29, 0.717) is 0 Å². The molecule has 0 amide bonds. The first-order valence-corrected chi connectivity index (χ1v) is 7.20. The maximum atomic E-state index is 11.0. The molecule has 100 valence electrons. The molecule has 0 radical (unpaired) electrons. The topological polar surface area (TPSA) is 61.3 Å². The molecule has 0 saturated carbocycles. The molecule has 0 N–H and O–H groups in total. The number of ether oxygens (including phenoxy) is 2. The van der Waals surface area contributed by atoms with Crippen LogP contribution in [0.3, 0.4) is 0 Å². The van der Waals surface area contributed by atoms with Crippen molar-refractivity contribution in [2.75, 3.05) is 20.0 Å². The summed E-state index contributed by atoms with van der Waals surface area (Å²) in [6, 6.07) is 7.60. The van der Waals surface area contributed by atoms with E-state index < -0.39 is 0 Å². The van der Waals surface area contributed by atoms with Crippen molar-refractivity contribution in [3.8, 4) is 16.3 Å². The molecule has 0 aliphatic heterocycles. The molecule has 0 saturated heterocycles. The van der Waals surface area contributed by atoms with Crippen LogP contribution in [0.2, 0.25) is 0 Å². The average Bonchev–Trinajstić information content (AvgIpc) is 2.93. The van der Waals surface area contributed by atoms with Crippen LogP contribution in [-0.4, -0.2) is 36.1 Å². The lowest BCUT2D eigenvalue weighted by molar-refractivity contribution is -0.137. The van der Waals surface area contributed by atoms with E-state index in [1.807, 2.05) is 24.3 Å². The molecule has 19 heavy (non-hydrogen) atoms. The number of carbonyl (C=O) groups is 1. The van der Waals surface area contributed by atoms with E-state index in [-0.39, 0.29) is 11.7 Å². The maximum Gasteiger partial charge on any atom is 0.316 e. The Morgan fingerprint density at radius 3 is 2.63 bits per heavy atom. The van der Waals surface area contributed by atoms with Crippen LogP contribution in [-0.2, 0) is 9.53 Å². The van der Waals surface area contributed by atoms with E-state index in [1.165, 1.54) is 30.2 Å². The van der Waals surface area contributed by atoms with Gasteiger partial charge in [0, 0.05) is 5.56 Å². The molecular formula is C12H12N2O3S2. The first-order chi connectivity index (χ1) is 9.22. The van der Waals surface area contributed by atoms with Crippen LogP contribution in [0, 0.1) is 0 Å². The van der Waals surface area contributed by atoms with Gasteiger partial charge in [-0.25, -0.2) is 0 Å². The third kappa shape index (κ3) is 3.68. The summed E-state index contributed by atoms with van der Waals surface area (Å²) in [5, 5.41) is 8.95. The fraction of sp³-hybridized carbons (Fsp3) is 0.250. The Bertz CT molecular complexity index is 554. The minimum Gasteiger partial charge on any atom is -0.497 e. The lowest BCUT2D eigenvalue weighted by atomic mass is 10.2. The average molecular weight is 296 g/mol. The van der Waals surface area contributed by atoms with Crippen LogP contribution >= 0.6 is 23.1 Å². The van der Waals surface area contributed by atoms with E-state index >= 15 is 0 Å². The molecule has 5 nitrogen and oxygen atoms in total. The number of hydrogen-bond acceptors (Lipinski definition) is 7. The molecular weight excluding hydrogens is 284 g/mol. The molecule has 2 aromatic rings. The number of aromatic nitrogens is 2. The standard InChI is InChI=1S/C12H12N2O3S2/c1-16-9-5-3-8(4-6-9)11-13-14-12(19-11)18-7-10(15)17-2/h3-6H,7H2,1-2H3. The molecule has 1 heterocycles. The predicted octanol–water partition coefficient (Wildman–Crippen LogP) is 2.48. The molecule has 0 aliphatic carbocycles. The summed E-state index contributed by atoms with van der Waals surface area (Å²) in [6.45, 7) is 0. The van der Waals surface area contributed by atoms with Gasteiger partial charge in [-0.15, -0.1) is 10.2 Å². The zero-order chi connectivity index (χ0) is 13.7. The summed E-state index contributed by atoms with van der Waals surface area (Å²) >= 11 is 2.77. The van der Waals surface area contributed by atoms with Gasteiger partial charge in [0.15, 0.2) is 4.34 Å². The Balaban J connectivity index is 2.05. The molecule has 0 spiro atoms. The number of benzene rings is 1. The maximum absolute atomic E-state index is 11.0. The highest BCUT2D eigenvalue weighted by Crippen LogP contribution is 2.30. The van der Waals surface area contributed by atoms with Gasteiger partial charge in [0.1, 0.15) is 10.8 Å². The van der Waals surface area contributed by atoms with Gasteiger partial charge in [0.05, 0.1) is 20.0 Å². The Morgan fingerprint density at radius 2 is 2.00 bits per heavy atom. The number of carbonyl (C=O) groups excluding carboxylic acids is 1. The monoisotopic (exact) mass is 296 g/mol. The summed E-state index contributed by atoms with van der Waals surface area (Å²) in [5.74, 6) is 0.771. The third-order valence-corrected chi connectivity index (χ3v) is 4.36. The SMILES string of the molecule is COC(=O)CSc1nnc(-c2ccc(OC)cc2)s1. The van der Waals surface area contributed by atoms with E-state index in [0.717, 1.165) is 20.7 Å². The van der Waals surface area contributed by atoms with Crippen molar-refractivity contribution in [2.45, 2.75) is 4.34 Å². The predicted molar refractivity (Wildman–Crippen MR) is 74.6 cm³/mol. The van der Waals surface area contributed by atoms with Crippen molar-refractivity contribution in [1.82, 2.24) is 10.2 Å². The molecule has 0 bridgehead atoms. The second-order valence-corrected chi connectivity index (χ2v) is 5.67. The smallest absolute Gasteiger partial charge is 0.316 e. The summed E-state index contributed by atoms with van der Waals surface area (Å²) in [5.41, 5.74) is 0.975. The Labute approximate surface area is 119 Å². The minimum atomic E-state index is -0.272. The van der Waals surface area contributed by atoms with Crippen molar-refractivity contribution < 1.29 is 14.3 Å². The number of hydrogen-bond donors (Lipinski definition) is 0. The van der Waals surface area contributed by atoms with Gasteiger partial charge < -0.3 is 9.47 Å². The number of rotatable bonds is 5. The Morgan fingerprint density at radius 1 is 1.26 bits per heavy atom. The van der Waals surface area contributed by atoms with Gasteiger partial charge in [-0.05, 0) is 24.3 Å². The van der Waals surface area contributed by atoms with Gasteiger partial charge in [0.25, 0.3) is 0 Å². The number of nitrogens with zero attached hydrogens (tertiary/aromatic N) is 2. The first kappa shape index (κ1) is 13.8. The van der Waals surface area contributed by atoms with Crippen LogP contribution < -0.4 is 4.74 Å².